The predicted molar refractivity (Wildman–Crippen MR) is 94.9 cm³/mol. The Bertz CT molecular complexity index is 669. The van der Waals surface area contributed by atoms with E-state index in [1.165, 1.54) is 18.4 Å². The topological polar surface area (TPSA) is 32.7 Å². The molecule has 0 radical (unpaired) electrons. The number of piperidine rings is 1. The minimum Gasteiger partial charge on any atom is -0.497 e. The molecule has 2 atom stereocenters. The van der Waals surface area contributed by atoms with E-state index in [4.69, 9.17) is 4.74 Å². The van der Waals surface area contributed by atoms with Gasteiger partial charge in [0.2, 0.25) is 0 Å². The number of hydrogen-bond acceptors (Lipinski definition) is 3. The third-order valence-electron chi connectivity index (χ3n) is 5.75. The van der Waals surface area contributed by atoms with E-state index in [2.05, 4.69) is 35.2 Å². The zero-order valence-electron chi connectivity index (χ0n) is 14.2. The first-order valence-electron chi connectivity index (χ1n) is 8.84. The van der Waals surface area contributed by atoms with Crippen molar-refractivity contribution in [1.82, 2.24) is 4.90 Å². The van der Waals surface area contributed by atoms with Gasteiger partial charge in [-0.25, -0.2) is 0 Å². The molecule has 2 saturated heterocycles. The Kier molecular flexibility index (Phi) is 4.07. The van der Waals surface area contributed by atoms with Gasteiger partial charge in [0.1, 0.15) is 5.75 Å². The van der Waals surface area contributed by atoms with Crippen LogP contribution in [0, 0.1) is 0 Å². The summed E-state index contributed by atoms with van der Waals surface area (Å²) in [5.74, 6) is 0.840. The molecule has 2 aliphatic heterocycles. The SMILES string of the molecule is COc1ccc(C2(O)C[C@H]3CC[C@H](C2)N3Cc2ccccc2)cc1. The number of methoxy groups -OCH3 is 1. The van der Waals surface area contributed by atoms with Crippen molar-refractivity contribution in [2.45, 2.75) is 49.9 Å². The van der Waals surface area contributed by atoms with Crippen molar-refractivity contribution >= 4 is 0 Å². The highest BCUT2D eigenvalue weighted by atomic mass is 16.5. The van der Waals surface area contributed by atoms with Crippen molar-refractivity contribution in [2.24, 2.45) is 0 Å². The Hall–Kier alpha value is -1.84. The Morgan fingerprint density at radius 1 is 1.00 bits per heavy atom. The number of ether oxygens (including phenoxy) is 1. The quantitative estimate of drug-likeness (QED) is 0.931. The summed E-state index contributed by atoms with van der Waals surface area (Å²) >= 11 is 0. The summed E-state index contributed by atoms with van der Waals surface area (Å²) in [5, 5.41) is 11.3. The summed E-state index contributed by atoms with van der Waals surface area (Å²) < 4.78 is 5.24. The second-order valence-electron chi connectivity index (χ2n) is 7.21. The summed E-state index contributed by atoms with van der Waals surface area (Å²) in [4.78, 5) is 2.60. The van der Waals surface area contributed by atoms with Crippen LogP contribution in [0.2, 0.25) is 0 Å². The summed E-state index contributed by atoms with van der Waals surface area (Å²) in [6.45, 7) is 0.995. The molecule has 2 aromatic rings. The largest absolute Gasteiger partial charge is 0.497 e. The maximum Gasteiger partial charge on any atom is 0.118 e. The minimum atomic E-state index is -0.703. The van der Waals surface area contributed by atoms with Gasteiger partial charge in [0.25, 0.3) is 0 Å². The molecule has 0 unspecified atom stereocenters. The molecule has 2 bridgehead atoms. The van der Waals surface area contributed by atoms with Crippen molar-refractivity contribution in [3.8, 4) is 5.75 Å². The molecular weight excluding hydrogens is 298 g/mol. The van der Waals surface area contributed by atoms with Crippen molar-refractivity contribution < 1.29 is 9.84 Å². The van der Waals surface area contributed by atoms with Gasteiger partial charge >= 0.3 is 0 Å². The molecule has 2 fully saturated rings. The minimum absolute atomic E-state index is 0.469. The van der Waals surface area contributed by atoms with Gasteiger partial charge in [-0.1, -0.05) is 42.5 Å². The van der Waals surface area contributed by atoms with Crippen LogP contribution in [0.25, 0.3) is 0 Å². The van der Waals surface area contributed by atoms with E-state index >= 15 is 0 Å². The van der Waals surface area contributed by atoms with E-state index < -0.39 is 5.60 Å². The van der Waals surface area contributed by atoms with E-state index in [-0.39, 0.29) is 0 Å². The van der Waals surface area contributed by atoms with Gasteiger partial charge in [0.15, 0.2) is 0 Å². The number of nitrogens with zero attached hydrogens (tertiary/aromatic N) is 1. The van der Waals surface area contributed by atoms with E-state index in [1.807, 2.05) is 24.3 Å². The molecule has 2 heterocycles. The fourth-order valence-corrected chi connectivity index (χ4v) is 4.51. The Labute approximate surface area is 143 Å². The lowest BCUT2D eigenvalue weighted by Gasteiger charge is -2.44. The van der Waals surface area contributed by atoms with Gasteiger partial charge in [0, 0.05) is 18.6 Å². The maximum absolute atomic E-state index is 11.3. The summed E-state index contributed by atoms with van der Waals surface area (Å²) in [5.41, 5.74) is 1.69. The van der Waals surface area contributed by atoms with Gasteiger partial charge in [0.05, 0.1) is 12.7 Å². The second kappa shape index (κ2) is 6.23. The smallest absolute Gasteiger partial charge is 0.118 e. The van der Waals surface area contributed by atoms with Gasteiger partial charge in [-0.3, -0.25) is 4.90 Å². The predicted octanol–water partition coefficient (Wildman–Crippen LogP) is 3.71. The fraction of sp³-hybridized carbons (Fsp3) is 0.429. The Balaban J connectivity index is 1.52. The van der Waals surface area contributed by atoms with Crippen LogP contribution in [0.15, 0.2) is 54.6 Å². The number of fused-ring (bicyclic) bond motifs is 2. The zero-order valence-corrected chi connectivity index (χ0v) is 14.2. The zero-order chi connectivity index (χ0) is 16.6. The van der Waals surface area contributed by atoms with Gasteiger partial charge < -0.3 is 9.84 Å². The third kappa shape index (κ3) is 2.83. The molecule has 0 aromatic heterocycles. The number of aliphatic hydroxyl groups is 1. The lowest BCUT2D eigenvalue weighted by molar-refractivity contribution is -0.0595. The molecular formula is C21H25NO2. The first kappa shape index (κ1) is 15.7. The summed E-state index contributed by atoms with van der Waals surface area (Å²) in [6.07, 6.45) is 4.03. The van der Waals surface area contributed by atoms with Gasteiger partial charge in [-0.2, -0.15) is 0 Å². The average molecular weight is 323 g/mol. The van der Waals surface area contributed by atoms with Crippen LogP contribution < -0.4 is 4.74 Å². The van der Waals surface area contributed by atoms with Crippen molar-refractivity contribution in [3.63, 3.8) is 0 Å². The lowest BCUT2D eigenvalue weighted by atomic mass is 9.80. The molecule has 1 N–H and O–H groups in total. The fourth-order valence-electron chi connectivity index (χ4n) is 4.51. The highest BCUT2D eigenvalue weighted by Gasteiger charge is 2.48. The molecule has 126 valence electrons. The Morgan fingerprint density at radius 2 is 1.62 bits per heavy atom. The monoisotopic (exact) mass is 323 g/mol. The first-order valence-corrected chi connectivity index (χ1v) is 8.84. The van der Waals surface area contributed by atoms with Crippen LogP contribution in [-0.4, -0.2) is 29.2 Å². The molecule has 24 heavy (non-hydrogen) atoms. The molecule has 0 aliphatic carbocycles. The maximum atomic E-state index is 11.3. The highest BCUT2D eigenvalue weighted by molar-refractivity contribution is 5.32. The van der Waals surface area contributed by atoms with E-state index in [1.54, 1.807) is 7.11 Å². The number of rotatable bonds is 4. The third-order valence-corrected chi connectivity index (χ3v) is 5.75. The van der Waals surface area contributed by atoms with Crippen LogP contribution in [0.5, 0.6) is 5.75 Å². The van der Waals surface area contributed by atoms with Gasteiger partial charge in [-0.05, 0) is 48.9 Å². The van der Waals surface area contributed by atoms with Crippen LogP contribution >= 0.6 is 0 Å². The van der Waals surface area contributed by atoms with E-state index in [0.29, 0.717) is 12.1 Å². The van der Waals surface area contributed by atoms with Crippen LogP contribution in [0.1, 0.15) is 36.8 Å². The standard InChI is InChI=1S/C21H25NO2/c1-24-20-11-7-17(8-12-20)21(23)13-18-9-10-19(14-21)22(18)15-16-5-3-2-4-6-16/h2-8,11-12,18-19,23H,9-10,13-15H2,1H3/t18-,19-/m1/s1. The molecule has 2 aliphatic rings. The molecule has 0 amide bonds. The number of benzene rings is 2. The molecule has 4 rings (SSSR count). The summed E-state index contributed by atoms with van der Waals surface area (Å²) in [6, 6.07) is 19.5. The molecule has 0 saturated carbocycles. The highest BCUT2D eigenvalue weighted by Crippen LogP contribution is 2.46. The van der Waals surface area contributed by atoms with Crippen molar-refractivity contribution in [1.29, 1.82) is 0 Å². The average Bonchev–Trinajstić information content (AvgIpc) is 2.86. The molecule has 2 aromatic carbocycles. The van der Waals surface area contributed by atoms with Gasteiger partial charge in [-0.15, -0.1) is 0 Å². The first-order chi connectivity index (χ1) is 11.7. The van der Waals surface area contributed by atoms with Crippen molar-refractivity contribution in [3.05, 3.63) is 65.7 Å². The van der Waals surface area contributed by atoms with E-state index in [0.717, 1.165) is 30.7 Å². The Morgan fingerprint density at radius 3 is 2.21 bits per heavy atom. The second-order valence-corrected chi connectivity index (χ2v) is 7.21. The van der Waals surface area contributed by atoms with E-state index in [9.17, 15) is 5.11 Å². The van der Waals surface area contributed by atoms with Crippen LogP contribution in [-0.2, 0) is 12.1 Å². The molecule has 3 nitrogen and oxygen atoms in total. The van der Waals surface area contributed by atoms with Crippen LogP contribution in [0.3, 0.4) is 0 Å². The molecule has 0 spiro atoms. The number of hydrogen-bond donors (Lipinski definition) is 1. The van der Waals surface area contributed by atoms with Crippen LogP contribution in [0.4, 0.5) is 0 Å². The normalized spacial score (nSPS) is 29.6. The van der Waals surface area contributed by atoms with Crippen molar-refractivity contribution in [2.75, 3.05) is 7.11 Å². The summed E-state index contributed by atoms with van der Waals surface area (Å²) in [7, 11) is 1.67. The lowest BCUT2D eigenvalue weighted by Crippen LogP contribution is -2.49. The molecule has 3 heteroatoms.